The van der Waals surface area contributed by atoms with Crippen LogP contribution >= 0.6 is 0 Å². The van der Waals surface area contributed by atoms with E-state index in [1.165, 1.54) is 24.9 Å². The molecule has 1 unspecified atom stereocenters. The highest BCUT2D eigenvalue weighted by Gasteiger charge is 2.40. The maximum atomic E-state index is 14.3. The van der Waals surface area contributed by atoms with Crippen molar-refractivity contribution < 1.29 is 49.0 Å². The van der Waals surface area contributed by atoms with E-state index in [4.69, 9.17) is 4.74 Å². The highest BCUT2D eigenvalue weighted by Crippen LogP contribution is 2.45. The zero-order valence-corrected chi connectivity index (χ0v) is 29.3. The fourth-order valence-corrected chi connectivity index (χ4v) is 6.78. The molecule has 18 heteroatoms. The minimum Gasteiger partial charge on any atom is -0.444 e. The van der Waals surface area contributed by atoms with E-state index < -0.39 is 59.5 Å². The van der Waals surface area contributed by atoms with E-state index in [0.29, 0.717) is 63.1 Å². The second-order valence-electron chi connectivity index (χ2n) is 14.4. The summed E-state index contributed by atoms with van der Waals surface area (Å²) >= 11 is 0. The fraction of sp³-hybridized carbons (Fsp3) is 0.588. The zero-order chi connectivity index (χ0) is 38.4. The molecule has 0 N–H and O–H groups in total. The van der Waals surface area contributed by atoms with Crippen molar-refractivity contribution >= 4 is 17.7 Å². The van der Waals surface area contributed by atoms with Gasteiger partial charge in [0.1, 0.15) is 5.60 Å². The van der Waals surface area contributed by atoms with E-state index in [1.807, 2.05) is 4.90 Å². The molecule has 3 heterocycles. The van der Waals surface area contributed by atoms with Gasteiger partial charge in [-0.25, -0.2) is 4.79 Å². The van der Waals surface area contributed by atoms with Crippen molar-refractivity contribution in [1.82, 2.24) is 25.1 Å². The van der Waals surface area contributed by atoms with E-state index in [9.17, 15) is 44.3 Å². The number of carbonyl (C=O) groups is 1. The highest BCUT2D eigenvalue weighted by atomic mass is 19.4. The largest absolute Gasteiger partial charge is 0.444 e. The summed E-state index contributed by atoms with van der Waals surface area (Å²) in [5.74, 6) is -0.118. The topological polar surface area (TPSA) is 79.6 Å². The maximum absolute atomic E-state index is 14.3. The highest BCUT2D eigenvalue weighted by molar-refractivity contribution is 5.68. The number of halogens is 9. The van der Waals surface area contributed by atoms with Crippen LogP contribution < -0.4 is 9.80 Å². The van der Waals surface area contributed by atoms with Gasteiger partial charge in [-0.2, -0.15) is 44.3 Å². The molecule has 2 aromatic carbocycles. The van der Waals surface area contributed by atoms with Crippen LogP contribution in [0.5, 0.6) is 0 Å². The summed E-state index contributed by atoms with van der Waals surface area (Å²) < 4.78 is 131. The Morgan fingerprint density at radius 3 is 2.00 bits per heavy atom. The molecular weight excluding hydrogens is 709 g/mol. The van der Waals surface area contributed by atoms with Crippen molar-refractivity contribution in [1.29, 1.82) is 0 Å². The molecule has 1 aromatic heterocycles. The first-order valence-corrected chi connectivity index (χ1v) is 16.7. The van der Waals surface area contributed by atoms with Crippen LogP contribution in [-0.2, 0) is 36.9 Å². The Kier molecular flexibility index (Phi) is 10.7. The van der Waals surface area contributed by atoms with Crippen LogP contribution in [-0.4, -0.2) is 63.0 Å². The van der Waals surface area contributed by atoms with Crippen molar-refractivity contribution in [3.63, 3.8) is 0 Å². The molecule has 52 heavy (non-hydrogen) atoms. The number of aromatic nitrogens is 4. The van der Waals surface area contributed by atoms with Gasteiger partial charge in [-0.3, -0.25) is 0 Å². The van der Waals surface area contributed by atoms with Crippen LogP contribution in [0.15, 0.2) is 30.3 Å². The molecule has 0 spiro atoms. The SMILES string of the molecule is Cc1cc2c(cc1C(F)(F)F)N(CC1CCN(C(=O)OC(C)(C)C)CC1)CCCC2N(Cc1cc(C(F)(F)F)cc(C(F)(F)F)c1)c1nnn(C)n1. The molecule has 3 aromatic rings. The van der Waals surface area contributed by atoms with Gasteiger partial charge in [0.2, 0.25) is 0 Å². The van der Waals surface area contributed by atoms with E-state index in [0.717, 1.165) is 10.9 Å². The number of aryl methyl sites for hydroxylation is 2. The van der Waals surface area contributed by atoms with Crippen molar-refractivity contribution in [2.75, 3.05) is 36.0 Å². The number of rotatable bonds is 6. The number of nitrogens with zero attached hydrogens (tertiary/aromatic N) is 7. The van der Waals surface area contributed by atoms with Gasteiger partial charge in [-0.05, 0) is 105 Å². The summed E-state index contributed by atoms with van der Waals surface area (Å²) in [5, 5.41) is 12.0. The molecule has 2 aliphatic heterocycles. The van der Waals surface area contributed by atoms with Crippen LogP contribution in [0.25, 0.3) is 0 Å². The quantitative estimate of drug-likeness (QED) is 0.234. The number of hydrogen-bond donors (Lipinski definition) is 0. The van der Waals surface area contributed by atoms with Gasteiger partial charge >= 0.3 is 24.6 Å². The Labute approximate surface area is 294 Å². The molecule has 5 rings (SSSR count). The molecule has 1 amide bonds. The summed E-state index contributed by atoms with van der Waals surface area (Å²) in [6.07, 6.45) is -13.5. The Morgan fingerprint density at radius 1 is 0.865 bits per heavy atom. The smallest absolute Gasteiger partial charge is 0.416 e. The lowest BCUT2D eigenvalue weighted by Crippen LogP contribution is -2.44. The van der Waals surface area contributed by atoms with Gasteiger partial charge in [-0.15, -0.1) is 5.10 Å². The molecule has 286 valence electrons. The molecule has 1 fully saturated rings. The van der Waals surface area contributed by atoms with E-state index in [1.54, 1.807) is 25.7 Å². The number of likely N-dealkylation sites (tertiary alicyclic amines) is 1. The van der Waals surface area contributed by atoms with Crippen molar-refractivity contribution in [3.8, 4) is 0 Å². The second-order valence-corrected chi connectivity index (χ2v) is 14.4. The van der Waals surface area contributed by atoms with Crippen LogP contribution in [0.4, 0.5) is 55.9 Å². The monoisotopic (exact) mass is 749 g/mol. The van der Waals surface area contributed by atoms with Gasteiger partial charge in [0.05, 0.1) is 29.8 Å². The lowest BCUT2D eigenvalue weighted by molar-refractivity contribution is -0.143. The third-order valence-corrected chi connectivity index (χ3v) is 9.16. The number of anilines is 2. The number of ether oxygens (including phenoxy) is 1. The summed E-state index contributed by atoms with van der Waals surface area (Å²) in [4.78, 5) is 18.5. The molecule has 1 saturated heterocycles. The lowest BCUT2D eigenvalue weighted by atomic mass is 9.93. The summed E-state index contributed by atoms with van der Waals surface area (Å²) in [5.41, 5.74) is -4.36. The van der Waals surface area contributed by atoms with Gasteiger partial charge < -0.3 is 19.4 Å². The molecule has 0 bridgehead atoms. The van der Waals surface area contributed by atoms with Crippen molar-refractivity contribution in [2.45, 2.75) is 90.1 Å². The first-order valence-electron chi connectivity index (χ1n) is 16.7. The number of carbonyl (C=O) groups excluding carboxylic acids is 1. The molecule has 1 atom stereocenters. The molecule has 0 radical (unpaired) electrons. The first kappa shape index (κ1) is 39.0. The van der Waals surface area contributed by atoms with Crippen molar-refractivity contribution in [3.05, 3.63) is 63.7 Å². The number of alkyl halides is 9. The maximum Gasteiger partial charge on any atom is 0.416 e. The molecule has 9 nitrogen and oxygen atoms in total. The first-order chi connectivity index (χ1) is 24.0. The summed E-state index contributed by atoms with van der Waals surface area (Å²) in [7, 11) is 1.43. The van der Waals surface area contributed by atoms with Gasteiger partial charge in [-0.1, -0.05) is 11.2 Å². The fourth-order valence-electron chi connectivity index (χ4n) is 6.78. The van der Waals surface area contributed by atoms with E-state index in [2.05, 4.69) is 15.4 Å². The Bertz CT molecular complexity index is 1710. The average Bonchev–Trinajstić information content (AvgIpc) is 3.37. The Morgan fingerprint density at radius 2 is 1.48 bits per heavy atom. The van der Waals surface area contributed by atoms with Crippen LogP contribution in [0.2, 0.25) is 0 Å². The predicted octanol–water partition coefficient (Wildman–Crippen LogP) is 8.57. The third-order valence-electron chi connectivity index (χ3n) is 9.16. The molecular formula is C34H40F9N7O2. The standard InChI is InChI=1S/C34H40F9N7O2/c1-20-13-25-27(50(29-44-46-47(5)45-29)19-22-14-23(32(35,36)37)16-24(15-22)33(38,39)40)7-6-10-49(28(25)17-26(20)34(41,42)43)18-21-8-11-48(12-9-21)30(51)52-31(2,3)4/h13-17,21,27H,6-12,18-19H2,1-5H3. The molecule has 0 aliphatic carbocycles. The van der Waals surface area contributed by atoms with E-state index >= 15 is 0 Å². The lowest BCUT2D eigenvalue weighted by Gasteiger charge is -2.37. The predicted molar refractivity (Wildman–Crippen MR) is 172 cm³/mol. The van der Waals surface area contributed by atoms with Crippen molar-refractivity contribution in [2.24, 2.45) is 13.0 Å². The number of tetrazole rings is 1. The van der Waals surface area contributed by atoms with Crippen LogP contribution in [0, 0.1) is 12.8 Å². The molecule has 2 aliphatic rings. The normalized spacial score (nSPS) is 17.9. The van der Waals surface area contributed by atoms with Crippen LogP contribution in [0.3, 0.4) is 0 Å². The van der Waals surface area contributed by atoms with Gasteiger partial charge in [0.15, 0.2) is 0 Å². The Balaban J connectivity index is 1.54. The third kappa shape index (κ3) is 9.21. The average molecular weight is 750 g/mol. The number of hydrogen-bond acceptors (Lipinski definition) is 7. The second kappa shape index (κ2) is 14.3. The zero-order valence-electron chi connectivity index (χ0n) is 29.3. The minimum atomic E-state index is -5.09. The summed E-state index contributed by atoms with van der Waals surface area (Å²) in [6.45, 7) is 7.52. The molecule has 0 saturated carbocycles. The van der Waals surface area contributed by atoms with Crippen LogP contribution in [0.1, 0.15) is 85.9 Å². The number of piperidine rings is 1. The Hall–Kier alpha value is -4.25. The number of fused-ring (bicyclic) bond motifs is 1. The van der Waals surface area contributed by atoms with Gasteiger partial charge in [0.25, 0.3) is 5.95 Å². The number of amides is 1. The minimum absolute atomic E-state index is 0.00221. The van der Waals surface area contributed by atoms with E-state index in [-0.39, 0.29) is 41.2 Å². The number of benzene rings is 2. The summed E-state index contributed by atoms with van der Waals surface area (Å²) in [6, 6.07) is 2.85. The van der Waals surface area contributed by atoms with Gasteiger partial charge in [0, 0.05) is 38.4 Å².